The highest BCUT2D eigenvalue weighted by atomic mass is 79.9. The van der Waals surface area contributed by atoms with Crippen molar-refractivity contribution < 1.29 is 9.47 Å². The van der Waals surface area contributed by atoms with Crippen LogP contribution in [0.25, 0.3) is 0 Å². The van der Waals surface area contributed by atoms with Gasteiger partial charge in [-0.15, -0.1) is 0 Å². The van der Waals surface area contributed by atoms with E-state index >= 15 is 0 Å². The summed E-state index contributed by atoms with van der Waals surface area (Å²) in [5, 5.41) is 0. The first-order valence-electron chi connectivity index (χ1n) is 10.0. The Labute approximate surface area is 174 Å². The molecule has 2 aliphatic rings. The molecular formula is C24H35BrO2. The lowest BCUT2D eigenvalue weighted by atomic mass is 9.86. The van der Waals surface area contributed by atoms with Crippen molar-refractivity contribution in [3.63, 3.8) is 0 Å². The van der Waals surface area contributed by atoms with Crippen LogP contribution in [0.15, 0.2) is 66.7 Å². The number of hydrogen-bond acceptors (Lipinski definition) is 2. The molecule has 3 atom stereocenters. The predicted molar refractivity (Wildman–Crippen MR) is 119 cm³/mol. The van der Waals surface area contributed by atoms with E-state index in [1.807, 2.05) is 62.1 Å². The third-order valence-electron chi connectivity index (χ3n) is 4.61. The van der Waals surface area contributed by atoms with Crippen LogP contribution in [0.1, 0.15) is 58.1 Å². The van der Waals surface area contributed by atoms with Gasteiger partial charge in [0.15, 0.2) is 5.79 Å². The van der Waals surface area contributed by atoms with Gasteiger partial charge in [-0.1, -0.05) is 110 Å². The summed E-state index contributed by atoms with van der Waals surface area (Å²) in [6.07, 6.45) is 4.77. The van der Waals surface area contributed by atoms with Gasteiger partial charge < -0.3 is 9.47 Å². The van der Waals surface area contributed by atoms with Crippen molar-refractivity contribution >= 4 is 15.9 Å². The minimum atomic E-state index is -0.280. The second-order valence-corrected chi connectivity index (χ2v) is 6.60. The molecule has 4 rings (SSSR count). The van der Waals surface area contributed by atoms with Gasteiger partial charge >= 0.3 is 0 Å². The van der Waals surface area contributed by atoms with E-state index < -0.39 is 0 Å². The summed E-state index contributed by atoms with van der Waals surface area (Å²) >= 11 is 2.94. The second kappa shape index (κ2) is 13.9. The van der Waals surface area contributed by atoms with Gasteiger partial charge in [0.05, 0.1) is 6.61 Å². The lowest BCUT2D eigenvalue weighted by Gasteiger charge is -2.35. The molecule has 1 saturated carbocycles. The molecule has 0 bridgehead atoms. The quantitative estimate of drug-likeness (QED) is 0.435. The standard InChI is InChI=1S/C15H20O2.C6H6.C2H6.CH3Br/c1-12-6-5-9-15(10-12)16-11-14(17-15)13-7-3-2-4-8-13;1-2-4-6-5-3-1;2*1-2/h2-4,7-8,12,14H,5-6,9-11H2,1H3;1-6H;1-2H3;1H3. The first kappa shape index (κ1) is 23.9. The van der Waals surface area contributed by atoms with Crippen molar-refractivity contribution in [3.05, 3.63) is 72.3 Å². The summed E-state index contributed by atoms with van der Waals surface area (Å²) in [4.78, 5) is 0. The van der Waals surface area contributed by atoms with E-state index in [0.29, 0.717) is 6.61 Å². The van der Waals surface area contributed by atoms with Gasteiger partial charge in [0.1, 0.15) is 6.10 Å². The van der Waals surface area contributed by atoms with E-state index in [0.717, 1.165) is 18.8 Å². The van der Waals surface area contributed by atoms with Gasteiger partial charge in [0, 0.05) is 12.8 Å². The van der Waals surface area contributed by atoms with Crippen LogP contribution in [-0.4, -0.2) is 18.2 Å². The molecule has 1 spiro atoms. The first-order valence-corrected chi connectivity index (χ1v) is 11.6. The SMILES string of the molecule is CBr.CC.CC1CCCC2(C1)OCC(c1ccccc1)O2.c1ccccc1. The van der Waals surface area contributed by atoms with E-state index in [2.05, 4.69) is 47.1 Å². The lowest BCUT2D eigenvalue weighted by molar-refractivity contribution is -0.196. The fraction of sp³-hybridized carbons (Fsp3) is 0.500. The Balaban J connectivity index is 0.000000306. The molecule has 1 heterocycles. The summed E-state index contributed by atoms with van der Waals surface area (Å²) in [6, 6.07) is 22.4. The van der Waals surface area contributed by atoms with Crippen LogP contribution < -0.4 is 0 Å². The first-order chi connectivity index (χ1) is 13.3. The molecule has 2 aromatic rings. The summed E-state index contributed by atoms with van der Waals surface area (Å²) in [5.41, 5.74) is 1.24. The Morgan fingerprint density at radius 1 is 0.889 bits per heavy atom. The molecule has 1 aliphatic carbocycles. The highest BCUT2D eigenvalue weighted by molar-refractivity contribution is 9.08. The Hall–Kier alpha value is -1.16. The zero-order valence-electron chi connectivity index (χ0n) is 17.2. The van der Waals surface area contributed by atoms with Gasteiger partial charge in [-0.3, -0.25) is 0 Å². The van der Waals surface area contributed by atoms with Crippen LogP contribution in [0, 0.1) is 5.92 Å². The topological polar surface area (TPSA) is 18.5 Å². The van der Waals surface area contributed by atoms with Gasteiger partial charge in [0.25, 0.3) is 0 Å². The number of hydrogen-bond donors (Lipinski definition) is 0. The molecule has 150 valence electrons. The van der Waals surface area contributed by atoms with Crippen LogP contribution in [-0.2, 0) is 9.47 Å². The maximum Gasteiger partial charge on any atom is 0.169 e. The van der Waals surface area contributed by atoms with Crippen LogP contribution in [0.3, 0.4) is 0 Å². The smallest absolute Gasteiger partial charge is 0.169 e. The lowest BCUT2D eigenvalue weighted by Crippen LogP contribution is -2.35. The summed E-state index contributed by atoms with van der Waals surface area (Å²) in [7, 11) is 0. The van der Waals surface area contributed by atoms with Gasteiger partial charge in [-0.25, -0.2) is 0 Å². The molecule has 2 nitrogen and oxygen atoms in total. The van der Waals surface area contributed by atoms with E-state index in [4.69, 9.17) is 9.47 Å². The van der Waals surface area contributed by atoms with Crippen molar-refractivity contribution in [2.45, 2.75) is 58.3 Å². The fourth-order valence-electron chi connectivity index (χ4n) is 3.46. The molecule has 2 fully saturated rings. The Bertz CT molecular complexity index is 549. The van der Waals surface area contributed by atoms with Crippen molar-refractivity contribution in [3.8, 4) is 0 Å². The van der Waals surface area contributed by atoms with Gasteiger partial charge in [0.2, 0.25) is 0 Å². The summed E-state index contributed by atoms with van der Waals surface area (Å²) in [6.45, 7) is 7.00. The summed E-state index contributed by atoms with van der Waals surface area (Å²) < 4.78 is 12.2. The number of benzene rings is 2. The average Bonchev–Trinajstić information content (AvgIpc) is 3.16. The largest absolute Gasteiger partial charge is 0.347 e. The maximum atomic E-state index is 6.22. The molecule has 0 N–H and O–H groups in total. The number of halogens is 1. The molecule has 2 aromatic carbocycles. The van der Waals surface area contributed by atoms with E-state index in [1.165, 1.54) is 18.4 Å². The fourth-order valence-corrected chi connectivity index (χ4v) is 3.46. The van der Waals surface area contributed by atoms with Crippen LogP contribution >= 0.6 is 15.9 Å². The normalized spacial score (nSPS) is 25.8. The molecule has 0 radical (unpaired) electrons. The van der Waals surface area contributed by atoms with Crippen LogP contribution in [0.4, 0.5) is 0 Å². The number of alkyl halides is 1. The molecular weight excluding hydrogens is 400 g/mol. The third kappa shape index (κ3) is 8.16. The van der Waals surface area contributed by atoms with Gasteiger partial charge in [-0.2, -0.15) is 0 Å². The Morgan fingerprint density at radius 3 is 1.93 bits per heavy atom. The molecule has 3 heteroatoms. The molecule has 27 heavy (non-hydrogen) atoms. The van der Waals surface area contributed by atoms with Crippen molar-refractivity contribution in [2.24, 2.45) is 5.92 Å². The minimum absolute atomic E-state index is 0.126. The summed E-state index contributed by atoms with van der Waals surface area (Å²) in [5.74, 6) is 2.25. The van der Waals surface area contributed by atoms with Gasteiger partial charge in [-0.05, 0) is 23.7 Å². The molecule has 0 amide bonds. The van der Waals surface area contributed by atoms with Crippen molar-refractivity contribution in [2.75, 3.05) is 12.4 Å². The predicted octanol–water partition coefficient (Wildman–Crippen LogP) is 7.40. The van der Waals surface area contributed by atoms with E-state index in [1.54, 1.807) is 0 Å². The third-order valence-corrected chi connectivity index (χ3v) is 4.61. The maximum absolute atomic E-state index is 6.22. The highest BCUT2D eigenvalue weighted by Crippen LogP contribution is 2.44. The minimum Gasteiger partial charge on any atom is -0.347 e. The van der Waals surface area contributed by atoms with Crippen molar-refractivity contribution in [1.29, 1.82) is 0 Å². The second-order valence-electron chi connectivity index (χ2n) is 6.60. The molecule has 1 saturated heterocycles. The molecule has 0 aromatic heterocycles. The monoisotopic (exact) mass is 434 g/mol. The van der Waals surface area contributed by atoms with E-state index in [-0.39, 0.29) is 11.9 Å². The highest BCUT2D eigenvalue weighted by Gasteiger charge is 2.44. The Morgan fingerprint density at radius 2 is 1.41 bits per heavy atom. The zero-order chi connectivity index (χ0) is 20.0. The van der Waals surface area contributed by atoms with Crippen molar-refractivity contribution in [1.82, 2.24) is 0 Å². The van der Waals surface area contributed by atoms with E-state index in [9.17, 15) is 0 Å². The van der Waals surface area contributed by atoms with Crippen LogP contribution in [0.5, 0.6) is 0 Å². The zero-order valence-corrected chi connectivity index (χ0v) is 18.8. The Kier molecular flexibility index (Phi) is 12.3. The molecule has 1 aliphatic heterocycles. The average molecular weight is 435 g/mol. The van der Waals surface area contributed by atoms with Crippen LogP contribution in [0.2, 0.25) is 0 Å². The number of ether oxygens (including phenoxy) is 2. The molecule has 3 unspecified atom stereocenters. The number of rotatable bonds is 1.